The van der Waals surface area contributed by atoms with Gasteiger partial charge in [-0.25, -0.2) is 16.8 Å². The van der Waals surface area contributed by atoms with Crippen molar-refractivity contribution in [3.63, 3.8) is 0 Å². The van der Waals surface area contributed by atoms with E-state index in [1.165, 1.54) is 24.3 Å². The molecule has 1 aliphatic heterocycles. The molecule has 1 aromatic carbocycles. The SMILES string of the molecule is CS(=O)(=O)c1ccc(NS(=O)(=O)C2CCNCC2)cc1. The van der Waals surface area contributed by atoms with Crippen LogP contribution < -0.4 is 10.0 Å². The monoisotopic (exact) mass is 318 g/mol. The zero-order valence-electron chi connectivity index (χ0n) is 11.2. The second kappa shape index (κ2) is 5.71. The van der Waals surface area contributed by atoms with Gasteiger partial charge in [-0.2, -0.15) is 0 Å². The van der Waals surface area contributed by atoms with Crippen LogP contribution in [0.4, 0.5) is 5.69 Å². The Bertz CT molecular complexity index is 660. The number of piperidine rings is 1. The summed E-state index contributed by atoms with van der Waals surface area (Å²) in [6, 6.07) is 5.73. The van der Waals surface area contributed by atoms with Crippen molar-refractivity contribution in [2.45, 2.75) is 23.0 Å². The quantitative estimate of drug-likeness (QED) is 0.847. The molecular weight excluding hydrogens is 300 g/mol. The highest BCUT2D eigenvalue weighted by Crippen LogP contribution is 2.19. The molecule has 6 nitrogen and oxygen atoms in total. The predicted octanol–water partition coefficient (Wildman–Crippen LogP) is 0.584. The molecule has 2 rings (SSSR count). The van der Waals surface area contributed by atoms with Gasteiger partial charge in [-0.3, -0.25) is 4.72 Å². The maximum atomic E-state index is 12.2. The Morgan fingerprint density at radius 2 is 1.60 bits per heavy atom. The summed E-state index contributed by atoms with van der Waals surface area (Å²) in [5.41, 5.74) is 0.385. The summed E-state index contributed by atoms with van der Waals surface area (Å²) in [7, 11) is -6.69. The molecule has 0 unspecified atom stereocenters. The molecule has 1 heterocycles. The van der Waals surface area contributed by atoms with Gasteiger partial charge in [-0.05, 0) is 50.2 Å². The van der Waals surface area contributed by atoms with E-state index in [-0.39, 0.29) is 4.90 Å². The Hall–Kier alpha value is -1.12. The molecule has 0 aromatic heterocycles. The molecular formula is C12H18N2O4S2. The number of hydrogen-bond donors (Lipinski definition) is 2. The number of benzene rings is 1. The van der Waals surface area contributed by atoms with Crippen LogP contribution in [-0.2, 0) is 19.9 Å². The van der Waals surface area contributed by atoms with Gasteiger partial charge in [0.1, 0.15) is 0 Å². The Kier molecular flexibility index (Phi) is 4.36. The lowest BCUT2D eigenvalue weighted by Gasteiger charge is -2.23. The van der Waals surface area contributed by atoms with Crippen LogP contribution in [0.15, 0.2) is 29.2 Å². The summed E-state index contributed by atoms with van der Waals surface area (Å²) >= 11 is 0. The highest BCUT2D eigenvalue weighted by atomic mass is 32.2. The van der Waals surface area contributed by atoms with E-state index in [4.69, 9.17) is 0 Å². The fraction of sp³-hybridized carbons (Fsp3) is 0.500. The largest absolute Gasteiger partial charge is 0.317 e. The average Bonchev–Trinajstić information content (AvgIpc) is 2.39. The summed E-state index contributed by atoms with van der Waals surface area (Å²) in [5, 5.41) is 2.71. The minimum Gasteiger partial charge on any atom is -0.317 e. The molecule has 1 aliphatic rings. The van der Waals surface area contributed by atoms with Gasteiger partial charge < -0.3 is 5.32 Å². The van der Waals surface area contributed by atoms with E-state index in [1.807, 2.05) is 0 Å². The number of rotatable bonds is 4. The van der Waals surface area contributed by atoms with Crippen LogP contribution in [0.25, 0.3) is 0 Å². The van der Waals surface area contributed by atoms with E-state index in [0.29, 0.717) is 31.6 Å². The molecule has 112 valence electrons. The number of sulfonamides is 1. The van der Waals surface area contributed by atoms with Gasteiger partial charge in [-0.1, -0.05) is 0 Å². The van der Waals surface area contributed by atoms with Crippen molar-refractivity contribution in [3.8, 4) is 0 Å². The van der Waals surface area contributed by atoms with Gasteiger partial charge in [-0.15, -0.1) is 0 Å². The third-order valence-corrected chi connectivity index (χ3v) is 6.27. The molecule has 2 N–H and O–H groups in total. The molecule has 0 amide bonds. The lowest BCUT2D eigenvalue weighted by atomic mass is 10.2. The average molecular weight is 318 g/mol. The first kappa shape index (κ1) is 15.3. The van der Waals surface area contributed by atoms with Crippen molar-refractivity contribution in [2.24, 2.45) is 0 Å². The smallest absolute Gasteiger partial charge is 0.235 e. The first-order chi connectivity index (χ1) is 9.29. The summed E-state index contributed by atoms with van der Waals surface area (Å²) < 4.78 is 49.5. The van der Waals surface area contributed by atoms with Crippen LogP contribution in [0, 0.1) is 0 Å². The zero-order chi connectivity index (χ0) is 14.8. The third-order valence-electron chi connectivity index (χ3n) is 3.27. The summed E-state index contributed by atoms with van der Waals surface area (Å²) in [4.78, 5) is 0.169. The lowest BCUT2D eigenvalue weighted by molar-refractivity contribution is 0.499. The van der Waals surface area contributed by atoms with Crippen LogP contribution in [-0.4, -0.2) is 41.4 Å². The molecule has 0 aliphatic carbocycles. The van der Waals surface area contributed by atoms with E-state index in [1.54, 1.807) is 0 Å². The van der Waals surface area contributed by atoms with Gasteiger partial charge in [0.05, 0.1) is 10.1 Å². The maximum Gasteiger partial charge on any atom is 0.235 e. The summed E-state index contributed by atoms with van der Waals surface area (Å²) in [6.45, 7) is 1.39. The van der Waals surface area contributed by atoms with Crippen LogP contribution >= 0.6 is 0 Å². The Morgan fingerprint density at radius 3 is 2.10 bits per heavy atom. The van der Waals surface area contributed by atoms with Crippen LogP contribution in [0.1, 0.15) is 12.8 Å². The Morgan fingerprint density at radius 1 is 1.05 bits per heavy atom. The van der Waals surface area contributed by atoms with E-state index in [0.717, 1.165) is 6.26 Å². The van der Waals surface area contributed by atoms with Crippen molar-refractivity contribution in [3.05, 3.63) is 24.3 Å². The molecule has 1 fully saturated rings. The molecule has 1 saturated heterocycles. The third kappa shape index (κ3) is 3.71. The number of nitrogens with one attached hydrogen (secondary N) is 2. The standard InChI is InChI=1S/C12H18N2O4S2/c1-19(15,16)11-4-2-10(3-5-11)14-20(17,18)12-6-8-13-9-7-12/h2-5,12-14H,6-9H2,1H3. The highest BCUT2D eigenvalue weighted by Gasteiger charge is 2.27. The van der Waals surface area contributed by atoms with Gasteiger partial charge >= 0.3 is 0 Å². The zero-order valence-corrected chi connectivity index (χ0v) is 12.8. The van der Waals surface area contributed by atoms with E-state index >= 15 is 0 Å². The second-order valence-electron chi connectivity index (χ2n) is 4.89. The minimum atomic E-state index is -3.42. The minimum absolute atomic E-state index is 0.169. The molecule has 1 aromatic rings. The highest BCUT2D eigenvalue weighted by molar-refractivity contribution is 7.93. The van der Waals surface area contributed by atoms with E-state index < -0.39 is 25.1 Å². The van der Waals surface area contributed by atoms with Crippen molar-refractivity contribution >= 4 is 25.5 Å². The first-order valence-corrected chi connectivity index (χ1v) is 9.75. The number of sulfone groups is 1. The van der Waals surface area contributed by atoms with Crippen molar-refractivity contribution < 1.29 is 16.8 Å². The van der Waals surface area contributed by atoms with E-state index in [2.05, 4.69) is 10.0 Å². The fourth-order valence-electron chi connectivity index (χ4n) is 2.12. The summed E-state index contributed by atoms with van der Waals surface area (Å²) in [5.74, 6) is 0. The van der Waals surface area contributed by atoms with Crippen molar-refractivity contribution in [1.82, 2.24) is 5.32 Å². The molecule has 0 saturated carbocycles. The van der Waals surface area contributed by atoms with Gasteiger partial charge in [0, 0.05) is 11.9 Å². The fourth-order valence-corrected chi connectivity index (χ4v) is 4.24. The summed E-state index contributed by atoms with van der Waals surface area (Å²) in [6.07, 6.45) is 2.27. The Balaban J connectivity index is 2.13. The van der Waals surface area contributed by atoms with Crippen molar-refractivity contribution in [2.75, 3.05) is 24.1 Å². The Labute approximate surface area is 119 Å². The van der Waals surface area contributed by atoms with E-state index in [9.17, 15) is 16.8 Å². The van der Waals surface area contributed by atoms with Gasteiger partial charge in [0.2, 0.25) is 10.0 Å². The molecule has 0 atom stereocenters. The molecule has 0 radical (unpaired) electrons. The van der Waals surface area contributed by atoms with Crippen LogP contribution in [0.3, 0.4) is 0 Å². The first-order valence-electron chi connectivity index (χ1n) is 6.31. The van der Waals surface area contributed by atoms with Gasteiger partial charge in [0.25, 0.3) is 0 Å². The molecule has 0 bridgehead atoms. The molecule has 0 spiro atoms. The molecule has 20 heavy (non-hydrogen) atoms. The maximum absolute atomic E-state index is 12.2. The van der Waals surface area contributed by atoms with Crippen LogP contribution in [0.2, 0.25) is 0 Å². The molecule has 8 heteroatoms. The lowest BCUT2D eigenvalue weighted by Crippen LogP contribution is -2.38. The normalized spacial score (nSPS) is 17.9. The number of hydrogen-bond acceptors (Lipinski definition) is 5. The number of anilines is 1. The topological polar surface area (TPSA) is 92.3 Å². The van der Waals surface area contributed by atoms with Crippen molar-refractivity contribution in [1.29, 1.82) is 0 Å². The second-order valence-corrected chi connectivity index (χ2v) is 8.87. The predicted molar refractivity (Wildman–Crippen MR) is 78.0 cm³/mol. The van der Waals surface area contributed by atoms with Crippen LogP contribution in [0.5, 0.6) is 0 Å². The van der Waals surface area contributed by atoms with Gasteiger partial charge in [0.15, 0.2) is 9.84 Å².